The molecule has 0 amide bonds. The Bertz CT molecular complexity index is 884. The van der Waals surface area contributed by atoms with Gasteiger partial charge in [0.05, 0.1) is 38.8 Å². The molecule has 0 aromatic heterocycles. The van der Waals surface area contributed by atoms with Crippen molar-refractivity contribution >= 4 is 5.69 Å². The molecule has 0 aliphatic carbocycles. The van der Waals surface area contributed by atoms with Crippen LogP contribution < -0.4 is 9.80 Å². The van der Waals surface area contributed by atoms with Gasteiger partial charge in [0, 0.05) is 12.1 Å². The lowest BCUT2D eigenvalue weighted by molar-refractivity contribution is -0.901. The minimum atomic E-state index is -0.591. The number of benzene rings is 3. The van der Waals surface area contributed by atoms with Crippen molar-refractivity contribution < 1.29 is 4.90 Å². The molecule has 1 saturated heterocycles. The van der Waals surface area contributed by atoms with Gasteiger partial charge in [0.1, 0.15) is 5.41 Å². The molecule has 0 spiro atoms. The second-order valence-electron chi connectivity index (χ2n) is 7.82. The molecule has 1 fully saturated rings. The van der Waals surface area contributed by atoms with Crippen LogP contribution in [-0.4, -0.2) is 32.7 Å². The predicted octanol–water partition coefficient (Wildman–Crippen LogP) is 3.29. The van der Waals surface area contributed by atoms with Crippen LogP contribution in [0, 0.1) is 11.3 Å². The Balaban J connectivity index is 1.48. The summed E-state index contributed by atoms with van der Waals surface area (Å²) in [6.07, 6.45) is 0.832. The Labute approximate surface area is 173 Å². The molecule has 1 aliphatic heterocycles. The molecule has 3 nitrogen and oxygen atoms in total. The molecule has 3 aromatic carbocycles. The molecule has 3 heteroatoms. The Morgan fingerprint density at radius 3 is 1.72 bits per heavy atom. The number of hydrogen-bond acceptors (Lipinski definition) is 2. The van der Waals surface area contributed by atoms with E-state index in [2.05, 4.69) is 65.6 Å². The van der Waals surface area contributed by atoms with E-state index in [0.29, 0.717) is 0 Å². The van der Waals surface area contributed by atoms with Gasteiger partial charge in [-0.25, -0.2) is 0 Å². The van der Waals surface area contributed by atoms with E-state index in [0.717, 1.165) is 50.3 Å². The minimum Gasteiger partial charge on any atom is -0.360 e. The monoisotopic (exact) mass is 382 g/mol. The molecule has 4 rings (SSSR count). The maximum absolute atomic E-state index is 10.3. The second kappa shape index (κ2) is 8.94. The van der Waals surface area contributed by atoms with Crippen LogP contribution in [0.15, 0.2) is 91.0 Å². The van der Waals surface area contributed by atoms with Crippen LogP contribution in [0.4, 0.5) is 5.69 Å². The van der Waals surface area contributed by atoms with Crippen molar-refractivity contribution in [3.05, 3.63) is 102 Å². The molecule has 29 heavy (non-hydrogen) atoms. The van der Waals surface area contributed by atoms with Crippen LogP contribution in [0.5, 0.6) is 0 Å². The van der Waals surface area contributed by atoms with E-state index in [9.17, 15) is 5.26 Å². The number of quaternary nitrogens is 1. The quantitative estimate of drug-likeness (QED) is 0.709. The van der Waals surface area contributed by atoms with E-state index in [1.165, 1.54) is 5.69 Å². The summed E-state index contributed by atoms with van der Waals surface area (Å²) < 4.78 is 0. The van der Waals surface area contributed by atoms with E-state index < -0.39 is 5.41 Å². The zero-order chi connectivity index (χ0) is 19.9. The first-order valence-electron chi connectivity index (χ1n) is 10.5. The maximum atomic E-state index is 10.3. The maximum Gasteiger partial charge on any atom is 0.112 e. The molecule has 1 heterocycles. The van der Waals surface area contributed by atoms with Gasteiger partial charge >= 0.3 is 0 Å². The number of rotatable bonds is 6. The third-order valence-corrected chi connectivity index (χ3v) is 6.17. The van der Waals surface area contributed by atoms with Gasteiger partial charge in [-0.1, -0.05) is 78.9 Å². The van der Waals surface area contributed by atoms with Crippen molar-refractivity contribution in [2.24, 2.45) is 0 Å². The normalized spacial score (nSPS) is 15.1. The van der Waals surface area contributed by atoms with Gasteiger partial charge in [0.15, 0.2) is 0 Å². The number of nitrogens with zero attached hydrogens (tertiary/aromatic N) is 2. The largest absolute Gasteiger partial charge is 0.360 e. The molecule has 0 saturated carbocycles. The summed E-state index contributed by atoms with van der Waals surface area (Å²) in [7, 11) is 0. The lowest BCUT2D eigenvalue weighted by Gasteiger charge is -2.35. The molecule has 146 valence electrons. The summed E-state index contributed by atoms with van der Waals surface area (Å²) in [5.74, 6) is 0. The number of nitrogens with one attached hydrogen (secondary N) is 1. The highest BCUT2D eigenvalue weighted by Crippen LogP contribution is 2.34. The molecular formula is C26H28N3+. The Morgan fingerprint density at radius 2 is 1.24 bits per heavy atom. The summed E-state index contributed by atoms with van der Waals surface area (Å²) in [6, 6.07) is 33.9. The number of para-hydroxylation sites is 1. The lowest BCUT2D eigenvalue weighted by atomic mass is 9.73. The van der Waals surface area contributed by atoms with Crippen molar-refractivity contribution in [1.82, 2.24) is 0 Å². The smallest absolute Gasteiger partial charge is 0.112 e. The molecule has 0 radical (unpaired) electrons. The fourth-order valence-electron chi connectivity index (χ4n) is 4.42. The molecule has 1 aliphatic rings. The molecule has 3 aromatic rings. The molecular weight excluding hydrogens is 354 g/mol. The standard InChI is InChI=1S/C26H27N3/c27-22-26(23-10-4-1-5-11-23,24-12-6-2-7-13-24)16-17-28-18-20-29(21-19-28)25-14-8-3-9-15-25/h1-15H,16-21H2/p+1. The van der Waals surface area contributed by atoms with E-state index in [1.807, 2.05) is 36.4 Å². The van der Waals surface area contributed by atoms with Crippen molar-refractivity contribution in [1.29, 1.82) is 5.26 Å². The van der Waals surface area contributed by atoms with Crippen LogP contribution in [0.1, 0.15) is 17.5 Å². The van der Waals surface area contributed by atoms with Crippen LogP contribution in [0.25, 0.3) is 0 Å². The first-order chi connectivity index (χ1) is 14.3. The average molecular weight is 383 g/mol. The topological polar surface area (TPSA) is 31.5 Å². The van der Waals surface area contributed by atoms with Crippen LogP contribution in [0.3, 0.4) is 0 Å². The molecule has 0 atom stereocenters. The first-order valence-corrected chi connectivity index (χ1v) is 10.5. The molecule has 0 bridgehead atoms. The predicted molar refractivity (Wildman–Crippen MR) is 118 cm³/mol. The van der Waals surface area contributed by atoms with Crippen LogP contribution >= 0.6 is 0 Å². The Morgan fingerprint density at radius 1 is 0.759 bits per heavy atom. The number of nitriles is 1. The Kier molecular flexibility index (Phi) is 5.93. The molecule has 1 N–H and O–H groups in total. The zero-order valence-electron chi connectivity index (χ0n) is 16.8. The van der Waals surface area contributed by atoms with E-state index in [4.69, 9.17) is 0 Å². The summed E-state index contributed by atoms with van der Waals surface area (Å²) >= 11 is 0. The van der Waals surface area contributed by atoms with Crippen LogP contribution in [0.2, 0.25) is 0 Å². The fraction of sp³-hybridized carbons (Fsp3) is 0.269. The fourth-order valence-corrected chi connectivity index (χ4v) is 4.42. The third-order valence-electron chi connectivity index (χ3n) is 6.17. The highest BCUT2D eigenvalue weighted by molar-refractivity contribution is 5.47. The van der Waals surface area contributed by atoms with Gasteiger partial charge in [0.2, 0.25) is 0 Å². The van der Waals surface area contributed by atoms with Gasteiger partial charge in [-0.3, -0.25) is 0 Å². The minimum absolute atomic E-state index is 0.591. The lowest BCUT2D eigenvalue weighted by Crippen LogP contribution is -3.15. The number of anilines is 1. The SMILES string of the molecule is N#CC(CC[NH+]1CCN(c2ccccc2)CC1)(c1ccccc1)c1ccccc1. The highest BCUT2D eigenvalue weighted by atomic mass is 15.3. The summed E-state index contributed by atoms with van der Waals surface area (Å²) in [5, 5.41) is 10.3. The van der Waals surface area contributed by atoms with Gasteiger partial charge < -0.3 is 9.80 Å². The van der Waals surface area contributed by atoms with Gasteiger partial charge in [-0.2, -0.15) is 5.26 Å². The van der Waals surface area contributed by atoms with Crippen LogP contribution in [-0.2, 0) is 5.41 Å². The van der Waals surface area contributed by atoms with Crippen molar-refractivity contribution in [3.8, 4) is 6.07 Å². The van der Waals surface area contributed by atoms with Crippen molar-refractivity contribution in [2.75, 3.05) is 37.6 Å². The van der Waals surface area contributed by atoms with Gasteiger partial charge in [-0.15, -0.1) is 0 Å². The first kappa shape index (κ1) is 19.2. The summed E-state index contributed by atoms with van der Waals surface area (Å²) in [6.45, 7) is 5.35. The summed E-state index contributed by atoms with van der Waals surface area (Å²) in [4.78, 5) is 4.05. The third kappa shape index (κ3) is 4.18. The average Bonchev–Trinajstić information content (AvgIpc) is 2.82. The van der Waals surface area contributed by atoms with E-state index in [1.54, 1.807) is 4.90 Å². The van der Waals surface area contributed by atoms with E-state index >= 15 is 0 Å². The highest BCUT2D eigenvalue weighted by Gasteiger charge is 2.36. The Hall–Kier alpha value is -3.09. The van der Waals surface area contributed by atoms with Crippen molar-refractivity contribution in [2.45, 2.75) is 11.8 Å². The van der Waals surface area contributed by atoms with E-state index in [-0.39, 0.29) is 0 Å². The van der Waals surface area contributed by atoms with Gasteiger partial charge in [0.25, 0.3) is 0 Å². The number of piperazine rings is 1. The van der Waals surface area contributed by atoms with Crippen molar-refractivity contribution in [3.63, 3.8) is 0 Å². The molecule has 0 unspecified atom stereocenters. The number of hydrogen-bond donors (Lipinski definition) is 1. The zero-order valence-corrected chi connectivity index (χ0v) is 16.8. The van der Waals surface area contributed by atoms with Gasteiger partial charge in [-0.05, 0) is 23.3 Å². The summed E-state index contributed by atoms with van der Waals surface area (Å²) in [5.41, 5.74) is 2.91. The second-order valence-corrected chi connectivity index (χ2v) is 7.82.